The van der Waals surface area contributed by atoms with Gasteiger partial charge in [0.15, 0.2) is 0 Å². The van der Waals surface area contributed by atoms with Gasteiger partial charge >= 0.3 is 0 Å². The van der Waals surface area contributed by atoms with Crippen molar-refractivity contribution < 1.29 is 5.11 Å². The summed E-state index contributed by atoms with van der Waals surface area (Å²) < 4.78 is 2.78. The summed E-state index contributed by atoms with van der Waals surface area (Å²) in [5, 5.41) is 9.01. The van der Waals surface area contributed by atoms with Crippen LogP contribution in [0.3, 0.4) is 0 Å². The molecule has 0 aliphatic rings. The van der Waals surface area contributed by atoms with Crippen LogP contribution < -0.4 is 5.73 Å². The second-order valence-electron chi connectivity index (χ2n) is 3.44. The maximum absolute atomic E-state index is 9.01. The molecule has 3 N–H and O–H groups in total. The van der Waals surface area contributed by atoms with Crippen LogP contribution in [0.25, 0.3) is 5.65 Å². The molecule has 2 aromatic rings. The third-order valence-electron chi connectivity index (χ3n) is 2.36. The molecule has 0 aliphatic carbocycles. The Balaban J connectivity index is 2.70. The van der Waals surface area contributed by atoms with E-state index in [1.54, 1.807) is 0 Å². The number of hydrogen-bond donors (Lipinski definition) is 2. The van der Waals surface area contributed by atoms with Crippen molar-refractivity contribution in [1.29, 1.82) is 0 Å². The van der Waals surface area contributed by atoms with Crippen LogP contribution >= 0.6 is 15.9 Å². The fourth-order valence-electron chi connectivity index (χ4n) is 1.55. The minimum Gasteiger partial charge on any atom is -0.394 e. The van der Waals surface area contributed by atoms with Gasteiger partial charge in [0.05, 0.1) is 18.3 Å². The lowest BCUT2D eigenvalue weighted by atomic mass is 10.2. The van der Waals surface area contributed by atoms with Crippen molar-refractivity contribution in [3.63, 3.8) is 0 Å². The van der Waals surface area contributed by atoms with Gasteiger partial charge in [0.25, 0.3) is 0 Å². The van der Waals surface area contributed by atoms with E-state index in [0.717, 1.165) is 15.9 Å². The Bertz CT molecular complexity index is 495. The lowest BCUT2D eigenvalue weighted by Gasteiger charge is -2.04. The Morgan fingerprint density at radius 1 is 1.60 bits per heavy atom. The lowest BCUT2D eigenvalue weighted by Crippen LogP contribution is -2.15. The van der Waals surface area contributed by atoms with E-state index < -0.39 is 6.04 Å². The summed E-state index contributed by atoms with van der Waals surface area (Å²) in [7, 11) is 0. The Kier molecular flexibility index (Phi) is 2.77. The molecule has 0 bridgehead atoms. The number of aliphatic hydroxyl groups excluding tert-OH is 1. The van der Waals surface area contributed by atoms with Crippen molar-refractivity contribution in [3.05, 3.63) is 34.2 Å². The number of nitrogens with two attached hydrogens (primary N) is 1. The van der Waals surface area contributed by atoms with Crippen molar-refractivity contribution in [2.75, 3.05) is 6.61 Å². The molecule has 4 nitrogen and oxygen atoms in total. The van der Waals surface area contributed by atoms with Gasteiger partial charge in [0.1, 0.15) is 10.3 Å². The van der Waals surface area contributed by atoms with Gasteiger partial charge < -0.3 is 10.8 Å². The molecule has 2 aromatic heterocycles. The Hall–Kier alpha value is -0.910. The van der Waals surface area contributed by atoms with E-state index in [9.17, 15) is 0 Å². The standard InChI is InChI=1S/C10H12BrN3O/c1-6-3-2-4-8-13-9(7(12)5-15)10(11)14(6)8/h2-4,7,15H,5,12H2,1H3. The molecule has 0 saturated heterocycles. The summed E-state index contributed by atoms with van der Waals surface area (Å²) in [6, 6.07) is 5.40. The number of aryl methyl sites for hydroxylation is 1. The average Bonchev–Trinajstić information content (AvgIpc) is 2.56. The lowest BCUT2D eigenvalue weighted by molar-refractivity contribution is 0.266. The van der Waals surface area contributed by atoms with E-state index in [4.69, 9.17) is 10.8 Å². The number of imidazole rings is 1. The summed E-state index contributed by atoms with van der Waals surface area (Å²) in [5.41, 5.74) is 8.35. The van der Waals surface area contributed by atoms with Gasteiger partial charge in [-0.3, -0.25) is 4.40 Å². The van der Waals surface area contributed by atoms with E-state index in [1.807, 2.05) is 29.5 Å². The SMILES string of the molecule is Cc1cccc2nc(C(N)CO)c(Br)n12. The van der Waals surface area contributed by atoms with E-state index >= 15 is 0 Å². The average molecular weight is 270 g/mol. The smallest absolute Gasteiger partial charge is 0.138 e. The molecule has 1 atom stereocenters. The molecular weight excluding hydrogens is 258 g/mol. The van der Waals surface area contributed by atoms with Crippen molar-refractivity contribution in [1.82, 2.24) is 9.38 Å². The number of pyridine rings is 1. The summed E-state index contributed by atoms with van der Waals surface area (Å²) >= 11 is 3.45. The predicted molar refractivity (Wildman–Crippen MR) is 61.6 cm³/mol. The van der Waals surface area contributed by atoms with Gasteiger partial charge in [-0.15, -0.1) is 0 Å². The predicted octanol–water partition coefficient (Wildman–Crippen LogP) is 1.40. The zero-order valence-electron chi connectivity index (χ0n) is 8.31. The fraction of sp³-hybridized carbons (Fsp3) is 0.300. The molecule has 5 heteroatoms. The highest BCUT2D eigenvalue weighted by Gasteiger charge is 2.16. The molecule has 0 saturated carbocycles. The summed E-state index contributed by atoms with van der Waals surface area (Å²) in [6.45, 7) is 1.88. The molecule has 0 aromatic carbocycles. The number of aromatic nitrogens is 2. The first-order valence-electron chi connectivity index (χ1n) is 4.65. The number of halogens is 1. The van der Waals surface area contributed by atoms with E-state index in [-0.39, 0.29) is 6.61 Å². The zero-order chi connectivity index (χ0) is 11.0. The molecule has 80 valence electrons. The molecule has 15 heavy (non-hydrogen) atoms. The number of nitrogens with zero attached hydrogens (tertiary/aromatic N) is 2. The largest absolute Gasteiger partial charge is 0.394 e. The first-order valence-corrected chi connectivity index (χ1v) is 5.44. The highest BCUT2D eigenvalue weighted by molar-refractivity contribution is 9.10. The zero-order valence-corrected chi connectivity index (χ0v) is 9.90. The Morgan fingerprint density at radius 3 is 2.93 bits per heavy atom. The summed E-state index contributed by atoms with van der Waals surface area (Å²) in [6.07, 6.45) is 0. The molecule has 0 fully saturated rings. The van der Waals surface area contributed by atoms with Crippen LogP contribution in [0.5, 0.6) is 0 Å². The highest BCUT2D eigenvalue weighted by atomic mass is 79.9. The molecule has 0 radical (unpaired) electrons. The van der Waals surface area contributed by atoms with Gasteiger partial charge in [-0.2, -0.15) is 0 Å². The van der Waals surface area contributed by atoms with Crippen LogP contribution in [0.2, 0.25) is 0 Å². The quantitative estimate of drug-likeness (QED) is 0.867. The second kappa shape index (κ2) is 3.92. The van der Waals surface area contributed by atoms with Crippen molar-refractivity contribution in [3.8, 4) is 0 Å². The first kappa shape index (κ1) is 10.6. The summed E-state index contributed by atoms with van der Waals surface area (Å²) in [5.74, 6) is 0. The van der Waals surface area contributed by atoms with Crippen LogP contribution in [-0.4, -0.2) is 21.1 Å². The highest BCUT2D eigenvalue weighted by Crippen LogP contribution is 2.24. The van der Waals surface area contributed by atoms with Crippen LogP contribution in [-0.2, 0) is 0 Å². The molecular formula is C10H12BrN3O. The molecule has 0 spiro atoms. The fourth-order valence-corrected chi connectivity index (χ4v) is 2.40. The number of aliphatic hydroxyl groups is 1. The van der Waals surface area contributed by atoms with Gasteiger partial charge in [-0.05, 0) is 35.0 Å². The van der Waals surface area contributed by atoms with Gasteiger partial charge in [0, 0.05) is 5.69 Å². The number of hydrogen-bond acceptors (Lipinski definition) is 3. The minimum atomic E-state index is -0.446. The van der Waals surface area contributed by atoms with Crippen LogP contribution in [0.4, 0.5) is 0 Å². The minimum absolute atomic E-state index is 0.110. The topological polar surface area (TPSA) is 63.5 Å². The first-order chi connectivity index (χ1) is 7.15. The van der Waals surface area contributed by atoms with E-state index in [2.05, 4.69) is 20.9 Å². The molecule has 0 amide bonds. The number of fused-ring (bicyclic) bond motifs is 1. The van der Waals surface area contributed by atoms with E-state index in [1.165, 1.54) is 0 Å². The van der Waals surface area contributed by atoms with Crippen molar-refractivity contribution >= 4 is 21.6 Å². The maximum Gasteiger partial charge on any atom is 0.138 e. The third-order valence-corrected chi connectivity index (χ3v) is 3.12. The van der Waals surface area contributed by atoms with Crippen LogP contribution in [0.15, 0.2) is 22.8 Å². The Labute approximate surface area is 95.9 Å². The van der Waals surface area contributed by atoms with Crippen LogP contribution in [0.1, 0.15) is 17.4 Å². The molecule has 1 unspecified atom stereocenters. The van der Waals surface area contributed by atoms with Crippen molar-refractivity contribution in [2.24, 2.45) is 5.73 Å². The third kappa shape index (κ3) is 1.67. The van der Waals surface area contributed by atoms with Gasteiger partial charge in [-0.25, -0.2) is 4.98 Å². The molecule has 2 rings (SSSR count). The van der Waals surface area contributed by atoms with Crippen molar-refractivity contribution in [2.45, 2.75) is 13.0 Å². The molecule has 0 aliphatic heterocycles. The van der Waals surface area contributed by atoms with E-state index in [0.29, 0.717) is 5.69 Å². The normalized spacial score (nSPS) is 13.3. The second-order valence-corrected chi connectivity index (χ2v) is 4.19. The molecule has 2 heterocycles. The van der Waals surface area contributed by atoms with Gasteiger partial charge in [-0.1, -0.05) is 6.07 Å². The monoisotopic (exact) mass is 269 g/mol. The summed E-state index contributed by atoms with van der Waals surface area (Å²) in [4.78, 5) is 4.37. The van der Waals surface area contributed by atoms with Crippen LogP contribution in [0, 0.1) is 6.92 Å². The maximum atomic E-state index is 9.01. The van der Waals surface area contributed by atoms with Gasteiger partial charge in [0.2, 0.25) is 0 Å². The number of rotatable bonds is 2. The Morgan fingerprint density at radius 2 is 2.33 bits per heavy atom.